The lowest BCUT2D eigenvalue weighted by Crippen LogP contribution is -2.44. The first-order valence-electron chi connectivity index (χ1n) is 33.7. The van der Waals surface area contributed by atoms with Gasteiger partial charge in [0.15, 0.2) is 17.3 Å². The Balaban J connectivity index is 2.13. The molecule has 0 radical (unpaired) electrons. The molecule has 5 atom stereocenters. The van der Waals surface area contributed by atoms with Crippen molar-refractivity contribution in [2.45, 2.75) is 238 Å². The van der Waals surface area contributed by atoms with E-state index in [4.69, 9.17) is 29.8 Å². The Morgan fingerprint density at radius 2 is 1.04 bits per heavy atom. The summed E-state index contributed by atoms with van der Waals surface area (Å²) in [6.07, 6.45) is 18.6. The van der Waals surface area contributed by atoms with Crippen molar-refractivity contribution in [2.24, 2.45) is 17.1 Å². The predicted octanol–water partition coefficient (Wildman–Crippen LogP) is 4.67. The SMILES string of the molecule is CC(=O)[C@H](CCCCNC(=O)CC[C@H](CC(=O)CC[C@H](NC(=O)COCCOCCCC(=O)COCCOCCNC(=O)CC[C@H](NC(=O)CCCCCCCCCCCCCCCCC(=O)O)C(=O)O)C(=O)O)C(=O)O)NCC(=O)C(C)(C)CC(=O)[C@@H](N)Cc1cnc[nH]1. The fourth-order valence-corrected chi connectivity index (χ4v) is 9.97. The number of rotatable bonds is 65. The number of amides is 4. The van der Waals surface area contributed by atoms with E-state index in [1.54, 1.807) is 20.0 Å². The molecular formula is C66H110N8O21. The number of carbonyl (C=O) groups is 13. The number of nitrogens with one attached hydrogen (secondary N) is 6. The normalized spacial score (nSPS) is 13.0. The highest BCUT2D eigenvalue weighted by molar-refractivity contribution is 5.94. The van der Waals surface area contributed by atoms with Crippen LogP contribution in [0.5, 0.6) is 0 Å². The molecule has 95 heavy (non-hydrogen) atoms. The molecule has 0 bridgehead atoms. The number of carboxylic acid groups (broad SMARTS) is 4. The van der Waals surface area contributed by atoms with Crippen LogP contribution in [-0.4, -0.2) is 203 Å². The molecule has 1 aromatic heterocycles. The molecule has 0 unspecified atom stereocenters. The topological polar surface area (TPSA) is 455 Å². The van der Waals surface area contributed by atoms with Gasteiger partial charge in [0, 0.05) is 94.8 Å². The van der Waals surface area contributed by atoms with Gasteiger partial charge in [0.1, 0.15) is 36.9 Å². The number of unbranched alkanes of at least 4 members (excludes halogenated alkanes) is 14. The molecule has 0 saturated carbocycles. The number of aromatic nitrogens is 2. The summed E-state index contributed by atoms with van der Waals surface area (Å²) in [6.45, 7) is 4.91. The highest BCUT2D eigenvalue weighted by atomic mass is 16.5. The summed E-state index contributed by atoms with van der Waals surface area (Å²) in [6, 6.07) is -4.12. The summed E-state index contributed by atoms with van der Waals surface area (Å²) in [5, 5.41) is 50.8. The summed E-state index contributed by atoms with van der Waals surface area (Å²) in [5.74, 6) is -9.38. The number of aromatic amines is 1. The highest BCUT2D eigenvalue weighted by Gasteiger charge is 2.33. The molecule has 0 aliphatic heterocycles. The van der Waals surface area contributed by atoms with Crippen LogP contribution >= 0.6 is 0 Å². The molecule has 1 rings (SSSR count). The molecular weight excluding hydrogens is 1240 g/mol. The zero-order valence-corrected chi connectivity index (χ0v) is 56.3. The minimum Gasteiger partial charge on any atom is -0.481 e. The second-order valence-corrected chi connectivity index (χ2v) is 24.7. The summed E-state index contributed by atoms with van der Waals surface area (Å²) in [4.78, 5) is 166. The standard InChI is InChI=1S/C66H110N8O21/c1-47(75)53(71-43-57(79)66(2,3)41-56(78)52(67)40-49-42-68-46-72-49)22-18-19-31-69-58(80)29-25-48(63(86)87)39-50(76)26-27-54(64(88)89)74-61(83)45-95-38-35-92-33-20-21-51(77)44-94-37-36-93-34-32-70-59(81)30-28-55(65(90)91)73-60(82)23-16-14-12-10-8-6-4-5-7-9-11-13-15-17-24-62(84)85/h42,46,48,52-55,71H,4-41,43-45,67H2,1-3H3,(H,68,72)(H,69,80)(H,70,81)(H,73,82)(H,74,83)(H,84,85)(H,86,87)(H,88,89)(H,90,91)/t48-,52+,53+,54+,55+/m1/s1. The maximum atomic E-state index is 13.1. The lowest BCUT2D eigenvalue weighted by molar-refractivity contribution is -0.145. The number of ketones is 5. The molecule has 0 aliphatic rings. The predicted molar refractivity (Wildman–Crippen MR) is 348 cm³/mol. The second-order valence-electron chi connectivity index (χ2n) is 24.7. The monoisotopic (exact) mass is 1350 g/mol. The number of H-pyrrole nitrogens is 1. The maximum Gasteiger partial charge on any atom is 0.326 e. The summed E-state index contributed by atoms with van der Waals surface area (Å²) in [7, 11) is 0. The van der Waals surface area contributed by atoms with Gasteiger partial charge in [-0.15, -0.1) is 0 Å². The Labute approximate surface area is 558 Å². The molecule has 29 nitrogen and oxygen atoms in total. The van der Waals surface area contributed by atoms with Crippen LogP contribution < -0.4 is 32.3 Å². The van der Waals surface area contributed by atoms with Gasteiger partial charge in [0.2, 0.25) is 23.6 Å². The van der Waals surface area contributed by atoms with Gasteiger partial charge >= 0.3 is 23.9 Å². The first-order valence-corrected chi connectivity index (χ1v) is 33.7. The van der Waals surface area contributed by atoms with E-state index in [1.807, 2.05) is 0 Å². The van der Waals surface area contributed by atoms with Crippen molar-refractivity contribution >= 4 is 76.4 Å². The molecule has 540 valence electrons. The largest absolute Gasteiger partial charge is 0.481 e. The second kappa shape index (κ2) is 53.2. The van der Waals surface area contributed by atoms with Gasteiger partial charge in [0.05, 0.1) is 63.9 Å². The third kappa shape index (κ3) is 46.8. The van der Waals surface area contributed by atoms with E-state index in [1.165, 1.54) is 45.4 Å². The van der Waals surface area contributed by atoms with Crippen molar-refractivity contribution < 1.29 is 102 Å². The van der Waals surface area contributed by atoms with Crippen LogP contribution in [0.1, 0.15) is 213 Å². The van der Waals surface area contributed by atoms with Gasteiger partial charge in [0.25, 0.3) is 0 Å². The van der Waals surface area contributed by atoms with Gasteiger partial charge in [-0.05, 0) is 64.7 Å². The van der Waals surface area contributed by atoms with Gasteiger partial charge in [-0.2, -0.15) is 0 Å². The van der Waals surface area contributed by atoms with Crippen molar-refractivity contribution in [3.8, 4) is 0 Å². The third-order valence-electron chi connectivity index (χ3n) is 15.8. The number of hydrogen-bond donors (Lipinski definition) is 11. The van der Waals surface area contributed by atoms with E-state index in [-0.39, 0.29) is 166 Å². The Kier molecular flexibility index (Phi) is 48.3. The Hall–Kier alpha value is -6.92. The molecule has 0 aliphatic carbocycles. The number of hydrogen-bond acceptors (Lipinski definition) is 20. The fourth-order valence-electron chi connectivity index (χ4n) is 9.97. The van der Waals surface area contributed by atoms with Crippen LogP contribution in [0.15, 0.2) is 12.5 Å². The molecule has 4 amide bonds. The van der Waals surface area contributed by atoms with E-state index in [2.05, 4.69) is 36.6 Å². The van der Waals surface area contributed by atoms with Gasteiger partial charge < -0.3 is 76.7 Å². The Morgan fingerprint density at radius 3 is 1.60 bits per heavy atom. The van der Waals surface area contributed by atoms with Crippen molar-refractivity contribution in [3.05, 3.63) is 18.2 Å². The smallest absolute Gasteiger partial charge is 0.326 e. The van der Waals surface area contributed by atoms with E-state index in [9.17, 15) is 77.6 Å². The van der Waals surface area contributed by atoms with E-state index in [0.717, 1.165) is 51.4 Å². The number of aliphatic carboxylic acids is 4. The van der Waals surface area contributed by atoms with Crippen LogP contribution in [0.4, 0.5) is 0 Å². The zero-order valence-electron chi connectivity index (χ0n) is 56.3. The zero-order chi connectivity index (χ0) is 70.7. The van der Waals surface area contributed by atoms with Crippen molar-refractivity contribution in [3.63, 3.8) is 0 Å². The number of carboxylic acids is 4. The van der Waals surface area contributed by atoms with Gasteiger partial charge in [-0.1, -0.05) is 90.9 Å². The Morgan fingerprint density at radius 1 is 0.516 bits per heavy atom. The average molecular weight is 1350 g/mol. The lowest BCUT2D eigenvalue weighted by Gasteiger charge is -2.25. The number of ether oxygens (including phenoxy) is 4. The van der Waals surface area contributed by atoms with Crippen molar-refractivity contribution in [1.82, 2.24) is 36.6 Å². The lowest BCUT2D eigenvalue weighted by atomic mass is 9.81. The number of nitrogens with zero attached hydrogens (tertiary/aromatic N) is 1. The minimum atomic E-state index is -1.47. The molecule has 1 heterocycles. The van der Waals surface area contributed by atoms with E-state index < -0.39 is 95.9 Å². The molecule has 1 aromatic rings. The first kappa shape index (κ1) is 86.1. The van der Waals surface area contributed by atoms with Gasteiger partial charge in [-0.3, -0.25) is 52.7 Å². The number of nitrogens with two attached hydrogens (primary N) is 1. The summed E-state index contributed by atoms with van der Waals surface area (Å²) >= 11 is 0. The summed E-state index contributed by atoms with van der Waals surface area (Å²) in [5.41, 5.74) is 5.72. The number of carbonyl (C=O) groups excluding carboxylic acids is 9. The Bertz CT molecular complexity index is 2460. The average Bonchev–Trinajstić information content (AvgIpc) is 2.26. The van der Waals surface area contributed by atoms with Gasteiger partial charge in [-0.25, -0.2) is 14.6 Å². The van der Waals surface area contributed by atoms with E-state index in [0.29, 0.717) is 37.8 Å². The van der Waals surface area contributed by atoms with Crippen LogP contribution in [0.25, 0.3) is 0 Å². The fraction of sp³-hybridized carbons (Fsp3) is 0.758. The molecule has 29 heteroatoms. The quantitative estimate of drug-likeness (QED) is 0.0395. The van der Waals surface area contributed by atoms with Crippen LogP contribution in [-0.2, 0) is 87.7 Å². The van der Waals surface area contributed by atoms with Crippen molar-refractivity contribution in [1.29, 1.82) is 0 Å². The molecule has 0 fully saturated rings. The van der Waals surface area contributed by atoms with Crippen LogP contribution in [0.3, 0.4) is 0 Å². The summed E-state index contributed by atoms with van der Waals surface area (Å²) < 4.78 is 21.5. The molecule has 12 N–H and O–H groups in total. The molecule has 0 saturated heterocycles. The molecule has 0 spiro atoms. The van der Waals surface area contributed by atoms with Crippen LogP contribution in [0.2, 0.25) is 0 Å². The third-order valence-corrected chi connectivity index (χ3v) is 15.8. The number of imidazole rings is 1. The van der Waals surface area contributed by atoms with Crippen molar-refractivity contribution in [2.75, 3.05) is 72.5 Å². The van der Waals surface area contributed by atoms with E-state index >= 15 is 0 Å². The molecule has 0 aromatic carbocycles. The maximum absolute atomic E-state index is 13.1. The number of Topliss-reactive ketones (excluding diaryl/α,β-unsaturated/α-hetero) is 5. The van der Waals surface area contributed by atoms with Crippen LogP contribution in [0, 0.1) is 11.3 Å². The minimum absolute atomic E-state index is 0.0294. The first-order chi connectivity index (χ1) is 45.3. The highest BCUT2D eigenvalue weighted by Crippen LogP contribution is 2.24.